The molecule has 0 radical (unpaired) electrons. The van der Waals surface area contributed by atoms with Crippen LogP contribution < -0.4 is 5.32 Å². The second-order valence-electron chi connectivity index (χ2n) is 4.41. The first-order valence-electron chi connectivity index (χ1n) is 6.28. The summed E-state index contributed by atoms with van der Waals surface area (Å²) in [6.45, 7) is 2.00. The second kappa shape index (κ2) is 7.19. The van der Waals surface area contributed by atoms with E-state index in [0.29, 0.717) is 18.7 Å². The van der Waals surface area contributed by atoms with E-state index in [-0.39, 0.29) is 0 Å². The number of methoxy groups -OCH3 is 1. The summed E-state index contributed by atoms with van der Waals surface area (Å²) in [5.41, 5.74) is 2.72. The molecule has 2 N–H and O–H groups in total. The van der Waals surface area contributed by atoms with Gasteiger partial charge in [-0.2, -0.15) is 0 Å². The molecule has 2 aromatic rings. The predicted molar refractivity (Wildman–Crippen MR) is 79.0 cm³/mol. The van der Waals surface area contributed by atoms with Crippen LogP contribution in [0.2, 0.25) is 0 Å². The normalized spacial score (nSPS) is 10.7. The summed E-state index contributed by atoms with van der Waals surface area (Å²) in [6.07, 6.45) is 0. The van der Waals surface area contributed by atoms with Crippen LogP contribution in [-0.4, -0.2) is 18.2 Å². The van der Waals surface area contributed by atoms with Crippen LogP contribution in [0.15, 0.2) is 35.7 Å². The summed E-state index contributed by atoms with van der Waals surface area (Å²) in [6, 6.07) is 9.83. The lowest BCUT2D eigenvalue weighted by molar-refractivity contribution is 0.0697. The van der Waals surface area contributed by atoms with Crippen molar-refractivity contribution < 1.29 is 14.6 Å². The second-order valence-corrected chi connectivity index (χ2v) is 5.41. The molecule has 0 spiro atoms. The monoisotopic (exact) mass is 291 g/mol. The van der Waals surface area contributed by atoms with Gasteiger partial charge in [-0.1, -0.05) is 24.3 Å². The number of carboxylic acid groups (broad SMARTS) is 1. The van der Waals surface area contributed by atoms with Gasteiger partial charge in [0.05, 0.1) is 12.2 Å². The van der Waals surface area contributed by atoms with E-state index in [1.165, 1.54) is 22.5 Å². The fraction of sp³-hybridized carbons (Fsp3) is 0.267. The number of carbonyl (C=O) groups is 1. The van der Waals surface area contributed by atoms with Crippen LogP contribution in [0.3, 0.4) is 0 Å². The van der Waals surface area contributed by atoms with Crippen molar-refractivity contribution >= 4 is 17.3 Å². The van der Waals surface area contributed by atoms with Gasteiger partial charge in [0.1, 0.15) is 0 Å². The molecule has 0 bridgehead atoms. The molecule has 0 atom stereocenters. The molecule has 106 valence electrons. The number of aromatic carboxylic acids is 1. The van der Waals surface area contributed by atoms with Crippen LogP contribution >= 0.6 is 11.3 Å². The fourth-order valence-corrected chi connectivity index (χ4v) is 2.76. The largest absolute Gasteiger partial charge is 0.478 e. The third kappa shape index (κ3) is 3.90. The molecule has 4 nitrogen and oxygen atoms in total. The van der Waals surface area contributed by atoms with E-state index in [4.69, 9.17) is 9.84 Å². The van der Waals surface area contributed by atoms with Crippen molar-refractivity contribution in [2.45, 2.75) is 19.7 Å². The summed E-state index contributed by atoms with van der Waals surface area (Å²) < 4.78 is 5.17. The molecule has 0 aliphatic carbocycles. The molecule has 1 heterocycles. The number of thiophene rings is 1. The molecule has 5 heteroatoms. The fourth-order valence-electron chi connectivity index (χ4n) is 1.93. The first kappa shape index (κ1) is 14.7. The molecule has 1 aromatic heterocycles. The number of nitrogens with one attached hydrogen (secondary N) is 1. The van der Waals surface area contributed by atoms with E-state index in [1.54, 1.807) is 18.6 Å². The van der Waals surface area contributed by atoms with E-state index >= 15 is 0 Å². The molecular weight excluding hydrogens is 274 g/mol. The smallest absolute Gasteiger partial charge is 0.336 e. The highest BCUT2D eigenvalue weighted by Gasteiger charge is 2.06. The standard InChI is InChI=1S/C15H17NO3S/c1-19-9-12-5-3-2-4-11(12)7-16-8-14-6-13(10-20-14)15(17)18/h2-6,10,16H,7-9H2,1H3,(H,17,18). The Morgan fingerprint density at radius 1 is 1.30 bits per heavy atom. The van der Waals surface area contributed by atoms with E-state index in [2.05, 4.69) is 11.4 Å². The molecule has 20 heavy (non-hydrogen) atoms. The van der Waals surface area contributed by atoms with Gasteiger partial charge in [0.2, 0.25) is 0 Å². The summed E-state index contributed by atoms with van der Waals surface area (Å²) >= 11 is 1.46. The number of hydrogen-bond donors (Lipinski definition) is 2. The van der Waals surface area contributed by atoms with Crippen LogP contribution in [-0.2, 0) is 24.4 Å². The third-order valence-electron chi connectivity index (χ3n) is 2.93. The summed E-state index contributed by atoms with van der Waals surface area (Å²) in [4.78, 5) is 11.8. The number of carboxylic acids is 1. The highest BCUT2D eigenvalue weighted by atomic mass is 32.1. The zero-order chi connectivity index (χ0) is 14.4. The van der Waals surface area contributed by atoms with E-state index < -0.39 is 5.97 Å². The minimum atomic E-state index is -0.877. The van der Waals surface area contributed by atoms with Crippen molar-refractivity contribution in [3.63, 3.8) is 0 Å². The van der Waals surface area contributed by atoms with Crippen LogP contribution in [0.1, 0.15) is 26.4 Å². The minimum Gasteiger partial charge on any atom is -0.478 e. The van der Waals surface area contributed by atoms with Crippen LogP contribution in [0.4, 0.5) is 0 Å². The Kier molecular flexibility index (Phi) is 5.29. The lowest BCUT2D eigenvalue weighted by Crippen LogP contribution is -2.13. The molecule has 0 amide bonds. The average molecular weight is 291 g/mol. The van der Waals surface area contributed by atoms with Gasteiger partial charge < -0.3 is 15.2 Å². The van der Waals surface area contributed by atoms with Gasteiger partial charge in [0.25, 0.3) is 0 Å². The van der Waals surface area contributed by atoms with Crippen molar-refractivity contribution in [3.8, 4) is 0 Å². The molecule has 0 saturated heterocycles. The zero-order valence-electron chi connectivity index (χ0n) is 11.3. The van der Waals surface area contributed by atoms with Crippen LogP contribution in [0.5, 0.6) is 0 Å². The molecule has 0 fully saturated rings. The van der Waals surface area contributed by atoms with E-state index in [1.807, 2.05) is 18.2 Å². The lowest BCUT2D eigenvalue weighted by Gasteiger charge is -2.09. The number of ether oxygens (including phenoxy) is 1. The Labute approximate surface area is 122 Å². The van der Waals surface area contributed by atoms with Gasteiger partial charge in [-0.3, -0.25) is 0 Å². The van der Waals surface area contributed by atoms with Gasteiger partial charge in [0.15, 0.2) is 0 Å². The maximum absolute atomic E-state index is 10.8. The molecule has 0 unspecified atom stereocenters. The number of rotatable bonds is 7. The Morgan fingerprint density at radius 2 is 2.05 bits per heavy atom. The zero-order valence-corrected chi connectivity index (χ0v) is 12.1. The number of hydrogen-bond acceptors (Lipinski definition) is 4. The van der Waals surface area contributed by atoms with Crippen LogP contribution in [0.25, 0.3) is 0 Å². The van der Waals surface area contributed by atoms with Crippen molar-refractivity contribution in [2.24, 2.45) is 0 Å². The highest BCUT2D eigenvalue weighted by molar-refractivity contribution is 7.10. The van der Waals surface area contributed by atoms with Gasteiger partial charge in [-0.25, -0.2) is 4.79 Å². The topological polar surface area (TPSA) is 58.6 Å². The van der Waals surface area contributed by atoms with Crippen molar-refractivity contribution in [2.75, 3.05) is 7.11 Å². The Bertz CT molecular complexity index is 580. The van der Waals surface area contributed by atoms with Crippen molar-refractivity contribution in [1.29, 1.82) is 0 Å². The molecule has 1 aromatic carbocycles. The van der Waals surface area contributed by atoms with Gasteiger partial charge in [-0.15, -0.1) is 11.3 Å². The van der Waals surface area contributed by atoms with Crippen LogP contribution in [0, 0.1) is 0 Å². The average Bonchev–Trinajstić information content (AvgIpc) is 2.90. The van der Waals surface area contributed by atoms with Gasteiger partial charge >= 0.3 is 5.97 Å². The van der Waals surface area contributed by atoms with E-state index in [9.17, 15) is 4.79 Å². The summed E-state index contributed by atoms with van der Waals surface area (Å²) in [5.74, 6) is -0.877. The SMILES string of the molecule is COCc1ccccc1CNCc1cc(C(=O)O)cs1. The van der Waals surface area contributed by atoms with Crippen molar-refractivity contribution in [3.05, 3.63) is 57.3 Å². The highest BCUT2D eigenvalue weighted by Crippen LogP contribution is 2.15. The molecule has 0 aliphatic heterocycles. The molecule has 0 saturated carbocycles. The first-order chi connectivity index (χ1) is 9.70. The Hall–Kier alpha value is -1.69. The van der Waals surface area contributed by atoms with Gasteiger partial charge in [0, 0.05) is 30.5 Å². The maximum atomic E-state index is 10.8. The molecule has 2 rings (SSSR count). The first-order valence-corrected chi connectivity index (χ1v) is 7.16. The molecular formula is C15H17NO3S. The quantitative estimate of drug-likeness (QED) is 0.823. The maximum Gasteiger partial charge on any atom is 0.336 e. The number of benzene rings is 1. The molecule has 0 aliphatic rings. The summed E-state index contributed by atoms with van der Waals surface area (Å²) in [7, 11) is 1.68. The third-order valence-corrected chi connectivity index (χ3v) is 3.87. The Balaban J connectivity index is 1.90. The lowest BCUT2D eigenvalue weighted by atomic mass is 10.1. The minimum absolute atomic E-state index is 0.353. The predicted octanol–water partition coefficient (Wildman–Crippen LogP) is 2.88. The van der Waals surface area contributed by atoms with E-state index in [0.717, 1.165) is 11.4 Å². The van der Waals surface area contributed by atoms with Crippen molar-refractivity contribution in [1.82, 2.24) is 5.32 Å². The Morgan fingerprint density at radius 3 is 2.70 bits per heavy atom. The van der Waals surface area contributed by atoms with Gasteiger partial charge in [-0.05, 0) is 17.2 Å². The summed E-state index contributed by atoms with van der Waals surface area (Å²) in [5, 5.41) is 13.9.